The second-order valence-corrected chi connectivity index (χ2v) is 11.1. The molecule has 2 heterocycles. The van der Waals surface area contributed by atoms with Gasteiger partial charge in [-0.1, -0.05) is 55.8 Å². The smallest absolute Gasteiger partial charge is 0.307 e. The Morgan fingerprint density at radius 2 is 1.74 bits per heavy atom. The van der Waals surface area contributed by atoms with E-state index in [2.05, 4.69) is 60.8 Å². The van der Waals surface area contributed by atoms with Crippen molar-refractivity contribution >= 4 is 17.4 Å². The van der Waals surface area contributed by atoms with Crippen LogP contribution in [0, 0.1) is 37.0 Å². The molecule has 1 fully saturated rings. The highest BCUT2D eigenvalue weighted by molar-refractivity contribution is 6.15. The minimum atomic E-state index is -0.915. The average molecular weight is 524 g/mol. The molecule has 0 saturated carbocycles. The molecule has 2 N–H and O–H groups in total. The molecule has 0 aliphatic carbocycles. The van der Waals surface area contributed by atoms with Gasteiger partial charge in [-0.15, -0.1) is 6.42 Å². The number of ether oxygens (including phenoxy) is 1. The van der Waals surface area contributed by atoms with Crippen LogP contribution >= 0.6 is 0 Å². The fraction of sp³-hybridized carbons (Fsp3) is 0.364. The number of benzene rings is 2. The summed E-state index contributed by atoms with van der Waals surface area (Å²) in [6.45, 7) is 10.5. The molecule has 3 aromatic rings. The van der Waals surface area contributed by atoms with Crippen LogP contribution in [0.4, 0.5) is 5.69 Å². The Balaban J connectivity index is 1.71. The maximum atomic E-state index is 11.9. The van der Waals surface area contributed by atoms with Gasteiger partial charge in [0.05, 0.1) is 18.7 Å². The Morgan fingerprint density at radius 3 is 2.33 bits per heavy atom. The number of anilines is 1. The molecule has 0 spiro atoms. The summed E-state index contributed by atoms with van der Waals surface area (Å²) >= 11 is 0. The lowest BCUT2D eigenvalue weighted by atomic mass is 9.82. The van der Waals surface area contributed by atoms with Crippen LogP contribution in [0.25, 0.3) is 11.1 Å². The first-order valence-corrected chi connectivity index (χ1v) is 13.4. The van der Waals surface area contributed by atoms with Crippen molar-refractivity contribution in [3.8, 4) is 29.2 Å². The number of carboxylic acids is 1. The molecule has 2 aromatic carbocycles. The molecule has 39 heavy (non-hydrogen) atoms. The van der Waals surface area contributed by atoms with Crippen molar-refractivity contribution < 1.29 is 14.6 Å². The van der Waals surface area contributed by atoms with Crippen LogP contribution in [0.2, 0.25) is 0 Å². The molecule has 6 nitrogen and oxygen atoms in total. The third kappa shape index (κ3) is 6.67. The van der Waals surface area contributed by atoms with Crippen molar-refractivity contribution in [2.45, 2.75) is 53.4 Å². The number of nitrogens with zero attached hydrogens (tertiary/aromatic N) is 2. The van der Waals surface area contributed by atoms with Crippen molar-refractivity contribution in [2.24, 2.45) is 5.41 Å². The van der Waals surface area contributed by atoms with Crippen molar-refractivity contribution in [3.05, 3.63) is 76.6 Å². The lowest BCUT2D eigenvalue weighted by molar-refractivity contribution is -0.136. The molecule has 1 aromatic heterocycles. The zero-order chi connectivity index (χ0) is 28.2. The summed E-state index contributed by atoms with van der Waals surface area (Å²) in [6.07, 6.45) is 8.30. The van der Waals surface area contributed by atoms with E-state index in [1.807, 2.05) is 24.3 Å². The third-order valence-corrected chi connectivity index (χ3v) is 7.54. The van der Waals surface area contributed by atoms with Gasteiger partial charge in [0, 0.05) is 36.3 Å². The fourth-order valence-electron chi connectivity index (χ4n) is 5.05. The minimum absolute atomic E-state index is 0.0213. The maximum absolute atomic E-state index is 11.9. The van der Waals surface area contributed by atoms with E-state index >= 15 is 0 Å². The number of aliphatic carboxylic acids is 1. The lowest BCUT2D eigenvalue weighted by Crippen LogP contribution is -2.38. The Kier molecular flexibility index (Phi) is 8.40. The number of hydrogen-bond donors (Lipinski definition) is 2. The Bertz CT molecular complexity index is 1390. The second-order valence-electron chi connectivity index (χ2n) is 11.1. The molecule has 202 valence electrons. The van der Waals surface area contributed by atoms with Crippen molar-refractivity contribution in [1.82, 2.24) is 4.98 Å². The highest BCUT2D eigenvalue weighted by atomic mass is 16.5. The molecule has 0 bridgehead atoms. The number of terminal acetylenes is 1. The number of piperidine rings is 1. The van der Waals surface area contributed by atoms with Gasteiger partial charge in [0.2, 0.25) is 0 Å². The number of pyridine rings is 1. The van der Waals surface area contributed by atoms with Gasteiger partial charge in [-0.2, -0.15) is 0 Å². The van der Waals surface area contributed by atoms with Gasteiger partial charge < -0.3 is 14.7 Å². The monoisotopic (exact) mass is 523 g/mol. The number of aromatic nitrogens is 1. The topological polar surface area (TPSA) is 86.5 Å². The number of carbonyl (C=O) groups is 1. The van der Waals surface area contributed by atoms with Gasteiger partial charge in [0.25, 0.3) is 0 Å². The summed E-state index contributed by atoms with van der Waals surface area (Å²) in [4.78, 5) is 18.8. The summed E-state index contributed by atoms with van der Waals surface area (Å²) in [5.41, 5.74) is 6.68. The molecule has 4 rings (SSSR count). The maximum Gasteiger partial charge on any atom is 0.307 e. The fourth-order valence-corrected chi connectivity index (χ4v) is 5.05. The van der Waals surface area contributed by atoms with Gasteiger partial charge in [-0.3, -0.25) is 10.2 Å². The van der Waals surface area contributed by atoms with Gasteiger partial charge in [0.1, 0.15) is 17.2 Å². The predicted octanol–water partition coefficient (Wildman–Crippen LogP) is 6.24. The van der Waals surface area contributed by atoms with E-state index in [1.54, 1.807) is 6.92 Å². The van der Waals surface area contributed by atoms with E-state index in [1.165, 1.54) is 11.1 Å². The molecule has 1 aliphatic heterocycles. The molecule has 6 heteroatoms. The van der Waals surface area contributed by atoms with Gasteiger partial charge in [-0.25, -0.2) is 4.98 Å². The van der Waals surface area contributed by atoms with E-state index in [0.29, 0.717) is 29.1 Å². The molecule has 0 radical (unpaired) electrons. The first kappa shape index (κ1) is 27.9. The molecular weight excluding hydrogens is 486 g/mol. The van der Waals surface area contributed by atoms with E-state index in [9.17, 15) is 9.90 Å². The highest BCUT2D eigenvalue weighted by Gasteiger charge is 2.31. The van der Waals surface area contributed by atoms with Gasteiger partial charge >= 0.3 is 5.97 Å². The third-order valence-electron chi connectivity index (χ3n) is 7.54. The van der Waals surface area contributed by atoms with Crippen LogP contribution in [-0.2, 0) is 17.6 Å². The van der Waals surface area contributed by atoms with E-state index in [0.717, 1.165) is 49.4 Å². The molecule has 0 amide bonds. The van der Waals surface area contributed by atoms with E-state index in [4.69, 9.17) is 16.6 Å². The summed E-state index contributed by atoms with van der Waals surface area (Å²) in [6, 6.07) is 16.2. The number of nitrogens with one attached hydrogen (secondary N) is 1. The van der Waals surface area contributed by atoms with Crippen molar-refractivity contribution in [3.63, 3.8) is 0 Å². The largest absolute Gasteiger partial charge is 0.493 e. The minimum Gasteiger partial charge on any atom is -0.493 e. The van der Waals surface area contributed by atoms with Crippen molar-refractivity contribution in [1.29, 1.82) is 5.41 Å². The Labute approximate surface area is 231 Å². The average Bonchev–Trinajstić information content (AvgIpc) is 2.90. The number of aryl methyl sites for hydroxylation is 2. The van der Waals surface area contributed by atoms with Crippen LogP contribution in [0.1, 0.15) is 54.8 Å². The molecule has 0 atom stereocenters. The SMILES string of the molecule is C#CC(=N)c1nc(C)c(CC(=O)O)c(N2CCC(C)(C)CC2)c1-c1ccc(OCCc2ccc(C)cc2)cc1. The molecule has 0 unspecified atom stereocenters. The van der Waals surface area contributed by atoms with Crippen LogP contribution < -0.4 is 9.64 Å². The van der Waals surface area contributed by atoms with Gasteiger partial charge in [-0.05, 0) is 61.3 Å². The van der Waals surface area contributed by atoms with E-state index in [-0.39, 0.29) is 17.5 Å². The standard InChI is InChI=1S/C33H37N3O3/c1-6-28(34)31-30(25-11-13-26(14-12-25)39-20-15-24-9-7-22(2)8-10-24)32(27(21-29(37)38)23(3)35-31)36-18-16-33(4,5)17-19-36/h1,7-14,34H,15-21H2,2-5H3,(H,37,38). The highest BCUT2D eigenvalue weighted by Crippen LogP contribution is 2.42. The number of rotatable bonds is 9. The van der Waals surface area contributed by atoms with Crippen LogP contribution in [0.3, 0.4) is 0 Å². The first-order chi connectivity index (χ1) is 18.6. The lowest BCUT2D eigenvalue weighted by Gasteiger charge is -2.40. The predicted molar refractivity (Wildman–Crippen MR) is 157 cm³/mol. The summed E-state index contributed by atoms with van der Waals surface area (Å²) in [5.74, 6) is 2.27. The molecule has 1 saturated heterocycles. The Hall–Kier alpha value is -4.11. The van der Waals surface area contributed by atoms with Crippen LogP contribution in [0.15, 0.2) is 48.5 Å². The van der Waals surface area contributed by atoms with Crippen LogP contribution in [-0.4, -0.2) is 41.5 Å². The summed E-state index contributed by atoms with van der Waals surface area (Å²) < 4.78 is 6.02. The zero-order valence-corrected chi connectivity index (χ0v) is 23.3. The van der Waals surface area contributed by atoms with Crippen molar-refractivity contribution in [2.75, 3.05) is 24.6 Å². The molecule has 1 aliphatic rings. The normalized spacial score (nSPS) is 14.5. The summed E-state index contributed by atoms with van der Waals surface area (Å²) in [5, 5.41) is 18.3. The Morgan fingerprint density at radius 1 is 1.10 bits per heavy atom. The number of hydrogen-bond acceptors (Lipinski definition) is 5. The quantitative estimate of drug-likeness (QED) is 0.256. The zero-order valence-electron chi connectivity index (χ0n) is 23.3. The van der Waals surface area contributed by atoms with E-state index < -0.39 is 5.97 Å². The van der Waals surface area contributed by atoms with Crippen LogP contribution in [0.5, 0.6) is 5.75 Å². The second kappa shape index (κ2) is 11.7. The number of carboxylic acid groups (broad SMARTS) is 1. The summed E-state index contributed by atoms with van der Waals surface area (Å²) in [7, 11) is 0. The molecular formula is C33H37N3O3. The first-order valence-electron chi connectivity index (χ1n) is 13.4. The van der Waals surface area contributed by atoms with Gasteiger partial charge in [0.15, 0.2) is 0 Å².